The molecular weight excluding hydrogens is 242 g/mol. The summed E-state index contributed by atoms with van der Waals surface area (Å²) in [6.45, 7) is 2.46. The lowest BCUT2D eigenvalue weighted by Crippen LogP contribution is -2.27. The van der Waals surface area contributed by atoms with E-state index in [9.17, 15) is 0 Å². The molecular formula is C15H21NO3. The highest BCUT2D eigenvalue weighted by Crippen LogP contribution is 2.44. The first-order valence-corrected chi connectivity index (χ1v) is 7.10. The Labute approximate surface area is 114 Å². The summed E-state index contributed by atoms with van der Waals surface area (Å²) in [6.07, 6.45) is 4.57. The summed E-state index contributed by atoms with van der Waals surface area (Å²) in [6, 6.07) is 4.48. The van der Waals surface area contributed by atoms with Crippen molar-refractivity contribution in [1.29, 1.82) is 0 Å². The van der Waals surface area contributed by atoms with Gasteiger partial charge in [-0.2, -0.15) is 0 Å². The van der Waals surface area contributed by atoms with Gasteiger partial charge in [-0.15, -0.1) is 0 Å². The molecule has 2 aliphatic heterocycles. The van der Waals surface area contributed by atoms with Crippen molar-refractivity contribution in [3.63, 3.8) is 0 Å². The van der Waals surface area contributed by atoms with E-state index in [1.54, 1.807) is 7.11 Å². The van der Waals surface area contributed by atoms with E-state index in [1.165, 1.54) is 18.4 Å². The number of ether oxygens (including phenoxy) is 3. The van der Waals surface area contributed by atoms with Crippen LogP contribution in [-0.4, -0.2) is 26.9 Å². The molecule has 0 aromatic heterocycles. The van der Waals surface area contributed by atoms with Crippen LogP contribution in [0.2, 0.25) is 0 Å². The highest BCUT2D eigenvalue weighted by molar-refractivity contribution is 5.57. The normalized spacial score (nSPS) is 22.7. The Kier molecular flexibility index (Phi) is 3.78. The van der Waals surface area contributed by atoms with Crippen molar-refractivity contribution in [2.24, 2.45) is 0 Å². The quantitative estimate of drug-likeness (QED) is 0.890. The lowest BCUT2D eigenvalue weighted by molar-refractivity contribution is 0.287. The Balaban J connectivity index is 1.97. The molecule has 1 unspecified atom stereocenters. The molecule has 104 valence electrons. The minimum atomic E-state index is 0.362. The third-order valence-corrected chi connectivity index (χ3v) is 3.79. The van der Waals surface area contributed by atoms with Gasteiger partial charge in [0.15, 0.2) is 11.5 Å². The van der Waals surface area contributed by atoms with Crippen molar-refractivity contribution >= 4 is 0 Å². The second-order valence-electron chi connectivity index (χ2n) is 5.07. The first kappa shape index (κ1) is 12.6. The summed E-state index contributed by atoms with van der Waals surface area (Å²) >= 11 is 0. The largest absolute Gasteiger partial charge is 0.492 e. The van der Waals surface area contributed by atoms with Gasteiger partial charge in [-0.25, -0.2) is 0 Å². The van der Waals surface area contributed by atoms with Crippen molar-refractivity contribution < 1.29 is 14.2 Å². The lowest BCUT2D eigenvalue weighted by atomic mass is 9.96. The van der Waals surface area contributed by atoms with Gasteiger partial charge in [0.1, 0.15) is 0 Å². The van der Waals surface area contributed by atoms with E-state index in [0.717, 1.165) is 36.6 Å². The first-order valence-electron chi connectivity index (χ1n) is 7.10. The van der Waals surface area contributed by atoms with Crippen molar-refractivity contribution in [2.45, 2.75) is 31.7 Å². The van der Waals surface area contributed by atoms with Gasteiger partial charge in [-0.3, -0.25) is 0 Å². The molecule has 19 heavy (non-hydrogen) atoms. The van der Waals surface area contributed by atoms with E-state index >= 15 is 0 Å². The molecule has 0 bridgehead atoms. The molecule has 4 heteroatoms. The average molecular weight is 263 g/mol. The van der Waals surface area contributed by atoms with E-state index in [-0.39, 0.29) is 0 Å². The molecule has 0 radical (unpaired) electrons. The van der Waals surface area contributed by atoms with Crippen LogP contribution in [0.4, 0.5) is 0 Å². The van der Waals surface area contributed by atoms with Crippen LogP contribution in [0.5, 0.6) is 17.2 Å². The summed E-state index contributed by atoms with van der Waals surface area (Å²) in [5.74, 6) is 2.40. The molecule has 1 fully saturated rings. The Morgan fingerprint density at radius 2 is 2.05 bits per heavy atom. The highest BCUT2D eigenvalue weighted by Gasteiger charge is 2.24. The number of methoxy groups -OCH3 is 1. The highest BCUT2D eigenvalue weighted by atomic mass is 16.5. The average Bonchev–Trinajstić information content (AvgIpc) is 2.72. The topological polar surface area (TPSA) is 39.7 Å². The minimum absolute atomic E-state index is 0.362. The number of hydrogen-bond acceptors (Lipinski definition) is 4. The van der Waals surface area contributed by atoms with E-state index in [1.807, 2.05) is 6.07 Å². The van der Waals surface area contributed by atoms with E-state index in [4.69, 9.17) is 14.2 Å². The Morgan fingerprint density at radius 1 is 1.16 bits per heavy atom. The van der Waals surface area contributed by atoms with Crippen LogP contribution in [0.3, 0.4) is 0 Å². The van der Waals surface area contributed by atoms with Crippen LogP contribution in [0.25, 0.3) is 0 Å². The maximum atomic E-state index is 5.82. The first-order chi connectivity index (χ1) is 9.40. The second kappa shape index (κ2) is 5.70. The van der Waals surface area contributed by atoms with Gasteiger partial charge < -0.3 is 19.5 Å². The minimum Gasteiger partial charge on any atom is -0.492 e. The zero-order valence-corrected chi connectivity index (χ0v) is 11.4. The van der Waals surface area contributed by atoms with Crippen LogP contribution in [0.1, 0.15) is 37.3 Å². The van der Waals surface area contributed by atoms with Crippen molar-refractivity contribution in [3.05, 3.63) is 17.7 Å². The van der Waals surface area contributed by atoms with Crippen molar-refractivity contribution in [1.82, 2.24) is 5.32 Å². The van der Waals surface area contributed by atoms with Crippen molar-refractivity contribution in [2.75, 3.05) is 26.9 Å². The Bertz CT molecular complexity index is 441. The van der Waals surface area contributed by atoms with E-state index in [0.29, 0.717) is 19.3 Å². The molecule has 0 spiro atoms. The van der Waals surface area contributed by atoms with Crippen LogP contribution in [0.15, 0.2) is 12.1 Å². The summed E-state index contributed by atoms with van der Waals surface area (Å²) in [4.78, 5) is 0. The molecule has 0 saturated carbocycles. The Morgan fingerprint density at radius 3 is 2.84 bits per heavy atom. The van der Waals surface area contributed by atoms with E-state index < -0.39 is 0 Å². The molecule has 1 N–H and O–H groups in total. The molecule has 1 saturated heterocycles. The fourth-order valence-electron chi connectivity index (χ4n) is 2.83. The predicted molar refractivity (Wildman–Crippen MR) is 73.2 cm³/mol. The van der Waals surface area contributed by atoms with Crippen LogP contribution >= 0.6 is 0 Å². The number of rotatable bonds is 2. The summed E-state index contributed by atoms with van der Waals surface area (Å²) in [7, 11) is 1.70. The smallest absolute Gasteiger partial charge is 0.203 e. The number of piperidine rings is 1. The van der Waals surface area contributed by atoms with Gasteiger partial charge in [0.25, 0.3) is 0 Å². The number of fused-ring (bicyclic) bond motifs is 1. The zero-order chi connectivity index (χ0) is 13.1. The SMILES string of the molecule is COc1c(C2CCCCN2)ccc2c1OCCCO2. The molecule has 2 aliphatic rings. The number of hydrogen-bond donors (Lipinski definition) is 1. The van der Waals surface area contributed by atoms with E-state index in [2.05, 4.69) is 11.4 Å². The summed E-state index contributed by atoms with van der Waals surface area (Å²) in [5.41, 5.74) is 1.19. The van der Waals surface area contributed by atoms with Gasteiger partial charge in [-0.05, 0) is 31.5 Å². The Hall–Kier alpha value is -1.42. The van der Waals surface area contributed by atoms with Gasteiger partial charge in [0.2, 0.25) is 5.75 Å². The third kappa shape index (κ3) is 2.50. The number of nitrogens with one attached hydrogen (secondary N) is 1. The van der Waals surface area contributed by atoms with Gasteiger partial charge in [-0.1, -0.05) is 6.42 Å². The van der Waals surface area contributed by atoms with Crippen molar-refractivity contribution in [3.8, 4) is 17.2 Å². The second-order valence-corrected chi connectivity index (χ2v) is 5.07. The van der Waals surface area contributed by atoms with Crippen LogP contribution in [-0.2, 0) is 0 Å². The molecule has 3 rings (SSSR count). The molecule has 0 amide bonds. The maximum Gasteiger partial charge on any atom is 0.203 e. The molecule has 1 aromatic carbocycles. The zero-order valence-electron chi connectivity index (χ0n) is 11.4. The monoisotopic (exact) mass is 263 g/mol. The predicted octanol–water partition coefficient (Wildman–Crippen LogP) is 2.67. The van der Waals surface area contributed by atoms with Crippen LogP contribution in [0, 0.1) is 0 Å². The molecule has 1 atom stereocenters. The van der Waals surface area contributed by atoms with Crippen LogP contribution < -0.4 is 19.5 Å². The fourth-order valence-corrected chi connectivity index (χ4v) is 2.83. The molecule has 2 heterocycles. The van der Waals surface area contributed by atoms with Gasteiger partial charge in [0.05, 0.1) is 20.3 Å². The summed E-state index contributed by atoms with van der Waals surface area (Å²) < 4.78 is 17.1. The molecule has 0 aliphatic carbocycles. The maximum absolute atomic E-state index is 5.82. The number of benzene rings is 1. The van der Waals surface area contributed by atoms with Gasteiger partial charge in [0, 0.05) is 18.0 Å². The third-order valence-electron chi connectivity index (χ3n) is 3.79. The molecule has 4 nitrogen and oxygen atoms in total. The standard InChI is InChI=1S/C15H21NO3/c1-17-14-11(12-5-2-3-8-16-12)6-7-13-15(14)19-10-4-9-18-13/h6-7,12,16H,2-5,8-10H2,1H3. The lowest BCUT2D eigenvalue weighted by Gasteiger charge is -2.26. The summed E-state index contributed by atoms with van der Waals surface area (Å²) in [5, 5.41) is 3.56. The molecule has 1 aromatic rings. The van der Waals surface area contributed by atoms with Gasteiger partial charge >= 0.3 is 0 Å². The fraction of sp³-hybridized carbons (Fsp3) is 0.600.